The van der Waals surface area contributed by atoms with Gasteiger partial charge in [-0.05, 0) is 38.5 Å². The number of rotatable bonds is 8. The van der Waals surface area contributed by atoms with Crippen LogP contribution < -0.4 is 4.74 Å². The second-order valence-electron chi connectivity index (χ2n) is 3.75. The van der Waals surface area contributed by atoms with E-state index in [2.05, 4.69) is 0 Å². The van der Waals surface area contributed by atoms with E-state index in [-0.39, 0.29) is 13.2 Å². The molecular weight excluding hydrogens is 267 g/mol. The molecule has 1 N–H and O–H groups in total. The topological polar surface area (TPSA) is 65.0 Å². The Labute approximate surface area is 114 Å². The van der Waals surface area contributed by atoms with Crippen LogP contribution in [0.1, 0.15) is 32.2 Å². The fraction of sp³-hybridized carbons (Fsp3) is 0.538. The summed E-state index contributed by atoms with van der Waals surface area (Å²) in [7, 11) is -3.55. The normalized spacial score (nSPS) is 13.3. The van der Waals surface area contributed by atoms with Gasteiger partial charge in [0, 0.05) is 0 Å². The Morgan fingerprint density at radius 2 is 1.58 bits per heavy atom. The lowest BCUT2D eigenvalue weighted by Gasteiger charge is -2.22. The number of aliphatic hydroxyl groups is 1. The molecule has 1 atom stereocenters. The van der Waals surface area contributed by atoms with E-state index in [9.17, 15) is 9.67 Å². The van der Waals surface area contributed by atoms with E-state index in [0.29, 0.717) is 17.9 Å². The molecule has 5 nitrogen and oxygen atoms in total. The Morgan fingerprint density at radius 1 is 1.05 bits per heavy atom. The van der Waals surface area contributed by atoms with Crippen molar-refractivity contribution in [3.8, 4) is 5.75 Å². The molecule has 0 amide bonds. The van der Waals surface area contributed by atoms with E-state index < -0.39 is 13.4 Å². The van der Waals surface area contributed by atoms with Crippen LogP contribution in [0.4, 0.5) is 0 Å². The largest absolute Gasteiger partial charge is 0.494 e. The van der Waals surface area contributed by atoms with Crippen molar-refractivity contribution in [2.75, 3.05) is 19.8 Å². The average Bonchev–Trinajstić information content (AvgIpc) is 2.40. The Bertz CT molecular complexity index is 408. The molecule has 0 aliphatic rings. The lowest BCUT2D eigenvalue weighted by Crippen LogP contribution is -2.06. The zero-order valence-corrected chi connectivity index (χ0v) is 12.4. The third-order valence-corrected chi connectivity index (χ3v) is 4.54. The second-order valence-corrected chi connectivity index (χ2v) is 5.84. The first-order valence-corrected chi connectivity index (χ1v) is 7.98. The number of aliphatic hydroxyl groups excluding tert-OH is 1. The fourth-order valence-corrected chi connectivity index (χ4v) is 3.24. The molecule has 0 heterocycles. The van der Waals surface area contributed by atoms with Gasteiger partial charge in [0.15, 0.2) is 5.85 Å². The molecule has 1 aromatic rings. The van der Waals surface area contributed by atoms with Crippen LogP contribution in [0.15, 0.2) is 24.3 Å². The molecule has 0 aliphatic heterocycles. The van der Waals surface area contributed by atoms with Crippen LogP contribution in [0.25, 0.3) is 0 Å². The predicted octanol–water partition coefficient (Wildman–Crippen LogP) is 3.34. The Hall–Kier alpha value is -0.870. The van der Waals surface area contributed by atoms with Gasteiger partial charge in [0.05, 0.1) is 19.8 Å². The maximum absolute atomic E-state index is 12.4. The summed E-state index contributed by atoms with van der Waals surface area (Å²) in [6.07, 6.45) is 0. The van der Waals surface area contributed by atoms with E-state index in [1.54, 1.807) is 38.1 Å². The van der Waals surface area contributed by atoms with Gasteiger partial charge in [-0.25, -0.2) is 0 Å². The first-order chi connectivity index (χ1) is 9.07. The molecule has 1 unspecified atom stereocenters. The monoisotopic (exact) mass is 288 g/mol. The Balaban J connectivity index is 2.89. The molecule has 0 aromatic heterocycles. The maximum Gasteiger partial charge on any atom is 0.363 e. The fourth-order valence-electron chi connectivity index (χ4n) is 1.62. The zero-order valence-electron chi connectivity index (χ0n) is 11.5. The van der Waals surface area contributed by atoms with E-state index >= 15 is 0 Å². The van der Waals surface area contributed by atoms with Crippen molar-refractivity contribution in [2.24, 2.45) is 0 Å². The minimum atomic E-state index is -3.55. The first kappa shape index (κ1) is 16.2. The van der Waals surface area contributed by atoms with Gasteiger partial charge >= 0.3 is 7.60 Å². The molecule has 0 saturated carbocycles. The highest BCUT2D eigenvalue weighted by molar-refractivity contribution is 7.54. The van der Waals surface area contributed by atoms with Crippen molar-refractivity contribution in [1.82, 2.24) is 0 Å². The first-order valence-electron chi connectivity index (χ1n) is 6.37. The molecular formula is C13H21O5P. The van der Waals surface area contributed by atoms with Gasteiger partial charge in [0.25, 0.3) is 0 Å². The van der Waals surface area contributed by atoms with Crippen molar-refractivity contribution in [3.63, 3.8) is 0 Å². The van der Waals surface area contributed by atoms with Crippen LogP contribution in [0.5, 0.6) is 5.75 Å². The van der Waals surface area contributed by atoms with Crippen LogP contribution in [0.2, 0.25) is 0 Å². The summed E-state index contributed by atoms with van der Waals surface area (Å²) in [5.74, 6) is -0.593. The number of ether oxygens (including phenoxy) is 1. The minimum absolute atomic E-state index is 0.214. The van der Waals surface area contributed by atoms with Gasteiger partial charge < -0.3 is 18.9 Å². The van der Waals surface area contributed by atoms with Crippen molar-refractivity contribution in [1.29, 1.82) is 0 Å². The van der Waals surface area contributed by atoms with Crippen LogP contribution in [-0.2, 0) is 13.6 Å². The summed E-state index contributed by atoms with van der Waals surface area (Å²) in [4.78, 5) is 0. The maximum atomic E-state index is 12.4. The van der Waals surface area contributed by atoms with Gasteiger partial charge in [0.2, 0.25) is 0 Å². The van der Waals surface area contributed by atoms with Crippen LogP contribution in [0, 0.1) is 0 Å². The standard InChI is InChI=1S/C13H21O5P/c1-4-16-12-9-7-11(8-10-12)13(14)19(15,17-5-2)18-6-3/h7-10,13-14H,4-6H2,1-3H3. The summed E-state index contributed by atoms with van der Waals surface area (Å²) in [5, 5.41) is 10.2. The van der Waals surface area contributed by atoms with E-state index in [0.717, 1.165) is 0 Å². The van der Waals surface area contributed by atoms with Gasteiger partial charge in [-0.1, -0.05) is 12.1 Å². The van der Waals surface area contributed by atoms with Gasteiger partial charge in [-0.2, -0.15) is 0 Å². The van der Waals surface area contributed by atoms with Gasteiger partial charge in [-0.3, -0.25) is 4.57 Å². The molecule has 0 aliphatic carbocycles. The Morgan fingerprint density at radius 3 is 2.00 bits per heavy atom. The average molecular weight is 288 g/mol. The molecule has 0 radical (unpaired) electrons. The summed E-state index contributed by atoms with van der Waals surface area (Å²) < 4.78 is 27.9. The van der Waals surface area contributed by atoms with Gasteiger partial charge in [0.1, 0.15) is 5.75 Å². The summed E-state index contributed by atoms with van der Waals surface area (Å²) >= 11 is 0. The quantitative estimate of drug-likeness (QED) is 0.743. The molecule has 6 heteroatoms. The minimum Gasteiger partial charge on any atom is -0.494 e. The molecule has 0 bridgehead atoms. The molecule has 1 rings (SSSR count). The summed E-state index contributed by atoms with van der Waals surface area (Å²) in [6.45, 7) is 6.29. The van der Waals surface area contributed by atoms with E-state index in [1.165, 1.54) is 0 Å². The lowest BCUT2D eigenvalue weighted by atomic mass is 10.2. The molecule has 0 saturated heterocycles. The molecule has 1 aromatic carbocycles. The third-order valence-electron chi connectivity index (χ3n) is 2.41. The predicted molar refractivity (Wildman–Crippen MR) is 73.4 cm³/mol. The van der Waals surface area contributed by atoms with E-state index in [1.807, 2.05) is 6.92 Å². The lowest BCUT2D eigenvalue weighted by molar-refractivity contribution is 0.150. The number of hydrogen-bond acceptors (Lipinski definition) is 5. The zero-order chi connectivity index (χ0) is 14.3. The summed E-state index contributed by atoms with van der Waals surface area (Å²) in [5.41, 5.74) is 0.480. The number of benzene rings is 1. The van der Waals surface area contributed by atoms with Crippen molar-refractivity contribution in [3.05, 3.63) is 29.8 Å². The van der Waals surface area contributed by atoms with Crippen LogP contribution >= 0.6 is 7.60 Å². The van der Waals surface area contributed by atoms with Crippen molar-refractivity contribution >= 4 is 7.60 Å². The van der Waals surface area contributed by atoms with Crippen LogP contribution in [0.3, 0.4) is 0 Å². The molecule has 0 fully saturated rings. The SMILES string of the molecule is CCOc1ccc(C(O)P(=O)(OCC)OCC)cc1. The summed E-state index contributed by atoms with van der Waals surface area (Å²) in [6, 6.07) is 6.73. The smallest absolute Gasteiger partial charge is 0.363 e. The third kappa shape index (κ3) is 4.32. The molecule has 0 spiro atoms. The Kier molecular flexibility index (Phi) is 6.52. The highest BCUT2D eigenvalue weighted by Gasteiger charge is 2.35. The van der Waals surface area contributed by atoms with Crippen molar-refractivity contribution < 1.29 is 23.5 Å². The second kappa shape index (κ2) is 7.65. The van der Waals surface area contributed by atoms with Crippen molar-refractivity contribution in [2.45, 2.75) is 26.6 Å². The van der Waals surface area contributed by atoms with E-state index in [4.69, 9.17) is 13.8 Å². The highest BCUT2D eigenvalue weighted by atomic mass is 31.2. The highest BCUT2D eigenvalue weighted by Crippen LogP contribution is 2.59. The van der Waals surface area contributed by atoms with Gasteiger partial charge in [-0.15, -0.1) is 0 Å². The van der Waals surface area contributed by atoms with Crippen LogP contribution in [-0.4, -0.2) is 24.9 Å². The molecule has 19 heavy (non-hydrogen) atoms. The number of hydrogen-bond donors (Lipinski definition) is 1. The molecule has 108 valence electrons.